The van der Waals surface area contributed by atoms with E-state index in [2.05, 4.69) is 0 Å². The average molecular weight is 177 g/mol. The van der Waals surface area contributed by atoms with Crippen molar-refractivity contribution in [3.8, 4) is 0 Å². The van der Waals surface area contributed by atoms with E-state index >= 15 is 0 Å². The van der Waals surface area contributed by atoms with Crippen molar-refractivity contribution in [3.05, 3.63) is 35.5 Å². The van der Waals surface area contributed by atoms with E-state index in [1.807, 2.05) is 30.3 Å². The fraction of sp³-hybridized carbons (Fsp3) is 0.455. The van der Waals surface area contributed by atoms with Gasteiger partial charge < -0.3 is 9.85 Å². The number of rotatable bonds is 1. The van der Waals surface area contributed by atoms with Gasteiger partial charge in [0.25, 0.3) is 0 Å². The largest absolute Gasteiger partial charge is 0.627 e. The topological polar surface area (TPSA) is 23.1 Å². The second-order valence-electron chi connectivity index (χ2n) is 3.73. The Morgan fingerprint density at radius 3 is 2.15 bits per heavy atom. The molecule has 1 fully saturated rings. The minimum absolute atomic E-state index is 0.110. The summed E-state index contributed by atoms with van der Waals surface area (Å²) in [5, 5.41) is 12.3. The molecule has 0 aliphatic carbocycles. The summed E-state index contributed by atoms with van der Waals surface area (Å²) in [7, 11) is 0. The van der Waals surface area contributed by atoms with Gasteiger partial charge in [-0.25, -0.2) is 0 Å². The Balaban J connectivity index is 2.23. The number of para-hydroxylation sites is 1. The molecule has 1 aromatic carbocycles. The summed E-state index contributed by atoms with van der Waals surface area (Å²) in [4.78, 5) is 0. The van der Waals surface area contributed by atoms with Crippen LogP contribution < -0.4 is 4.65 Å². The summed E-state index contributed by atoms with van der Waals surface area (Å²) < 4.78 is -0.110. The van der Waals surface area contributed by atoms with Crippen molar-refractivity contribution in [2.24, 2.45) is 0 Å². The van der Waals surface area contributed by atoms with Crippen LogP contribution in [-0.4, -0.2) is 13.1 Å². The number of benzene rings is 1. The Morgan fingerprint density at radius 2 is 1.54 bits per heavy atom. The third kappa shape index (κ3) is 1.74. The third-order valence-electron chi connectivity index (χ3n) is 2.77. The lowest BCUT2D eigenvalue weighted by atomic mass is 10.1. The molecule has 0 N–H and O–H groups in total. The first kappa shape index (κ1) is 8.73. The molecule has 2 rings (SSSR count). The maximum absolute atomic E-state index is 12.3. The monoisotopic (exact) mass is 177 g/mol. The highest BCUT2D eigenvalue weighted by Gasteiger charge is 2.22. The lowest BCUT2D eigenvalue weighted by Crippen LogP contribution is -2.47. The number of hydrogen-bond donors (Lipinski definition) is 0. The van der Waals surface area contributed by atoms with Gasteiger partial charge >= 0.3 is 0 Å². The van der Waals surface area contributed by atoms with E-state index in [4.69, 9.17) is 0 Å². The van der Waals surface area contributed by atoms with Crippen molar-refractivity contribution in [1.82, 2.24) is 4.65 Å². The minimum Gasteiger partial charge on any atom is -0.627 e. The van der Waals surface area contributed by atoms with Crippen LogP contribution in [-0.2, 0) is 0 Å². The van der Waals surface area contributed by atoms with Gasteiger partial charge in [-0.2, -0.15) is 0 Å². The molecule has 70 valence electrons. The van der Waals surface area contributed by atoms with E-state index in [0.29, 0.717) is 0 Å². The van der Waals surface area contributed by atoms with Crippen molar-refractivity contribution >= 4 is 5.69 Å². The molecule has 0 unspecified atom stereocenters. The van der Waals surface area contributed by atoms with Gasteiger partial charge in [-0.15, -0.1) is 0 Å². The van der Waals surface area contributed by atoms with Crippen LogP contribution in [0.25, 0.3) is 0 Å². The molecule has 13 heavy (non-hydrogen) atoms. The van der Waals surface area contributed by atoms with Gasteiger partial charge in [0.1, 0.15) is 5.69 Å². The Morgan fingerprint density at radius 1 is 0.923 bits per heavy atom. The Bertz CT molecular complexity index is 265. The zero-order chi connectivity index (χ0) is 9.15. The first-order valence-electron chi connectivity index (χ1n) is 4.95. The van der Waals surface area contributed by atoms with Crippen molar-refractivity contribution < 1.29 is 0 Å². The first-order chi connectivity index (χ1) is 6.31. The van der Waals surface area contributed by atoms with Crippen LogP contribution in [0, 0.1) is 5.21 Å². The molecule has 1 aromatic rings. The van der Waals surface area contributed by atoms with Crippen LogP contribution in [0.2, 0.25) is 0 Å². The van der Waals surface area contributed by atoms with Crippen molar-refractivity contribution in [1.29, 1.82) is 0 Å². The Labute approximate surface area is 79.0 Å². The lowest BCUT2D eigenvalue weighted by Gasteiger charge is -2.44. The molecule has 1 aliphatic heterocycles. The summed E-state index contributed by atoms with van der Waals surface area (Å²) in [5.74, 6) is 0. The predicted octanol–water partition coefficient (Wildman–Crippen LogP) is 2.68. The molecule has 0 spiro atoms. The number of piperidine rings is 1. The molecule has 1 saturated heterocycles. The zero-order valence-electron chi connectivity index (χ0n) is 7.78. The highest BCUT2D eigenvalue weighted by atomic mass is 16.5. The Kier molecular flexibility index (Phi) is 2.34. The molecule has 1 aliphatic rings. The van der Waals surface area contributed by atoms with E-state index in [9.17, 15) is 5.21 Å². The second-order valence-corrected chi connectivity index (χ2v) is 3.73. The van der Waals surface area contributed by atoms with Crippen molar-refractivity contribution in [3.63, 3.8) is 0 Å². The molecule has 2 nitrogen and oxygen atoms in total. The van der Waals surface area contributed by atoms with Gasteiger partial charge in [-0.3, -0.25) is 0 Å². The normalized spacial score (nSPS) is 21.3. The zero-order valence-corrected chi connectivity index (χ0v) is 7.78. The maximum atomic E-state index is 12.3. The van der Waals surface area contributed by atoms with Crippen molar-refractivity contribution in [2.75, 3.05) is 13.1 Å². The quantitative estimate of drug-likeness (QED) is 0.477. The van der Waals surface area contributed by atoms with Gasteiger partial charge in [0, 0.05) is 0 Å². The highest BCUT2D eigenvalue weighted by Crippen LogP contribution is 2.26. The molecule has 0 atom stereocenters. The van der Waals surface area contributed by atoms with Gasteiger partial charge in [-0.1, -0.05) is 18.2 Å². The fourth-order valence-electron chi connectivity index (χ4n) is 1.98. The van der Waals surface area contributed by atoms with Crippen LogP contribution in [0.15, 0.2) is 30.3 Å². The molecule has 0 bridgehead atoms. The summed E-state index contributed by atoms with van der Waals surface area (Å²) in [6.45, 7) is 1.51. The van der Waals surface area contributed by atoms with E-state index in [0.717, 1.165) is 31.6 Å². The molecule has 2 heteroatoms. The molecular weight excluding hydrogens is 162 g/mol. The second kappa shape index (κ2) is 3.48. The van der Waals surface area contributed by atoms with Gasteiger partial charge in [-0.05, 0) is 31.4 Å². The summed E-state index contributed by atoms with van der Waals surface area (Å²) in [5.41, 5.74) is 0.919. The number of hydroxylamine groups is 2. The van der Waals surface area contributed by atoms with Crippen LogP contribution in [0.3, 0.4) is 0 Å². The van der Waals surface area contributed by atoms with Crippen LogP contribution in [0.1, 0.15) is 19.3 Å². The molecule has 0 aromatic heterocycles. The van der Waals surface area contributed by atoms with Gasteiger partial charge in [0.15, 0.2) is 0 Å². The van der Waals surface area contributed by atoms with Gasteiger partial charge in [0.2, 0.25) is 0 Å². The number of hydrogen-bond acceptors (Lipinski definition) is 1. The Hall–Kier alpha value is -0.860. The number of nitrogens with zero attached hydrogens (tertiary/aromatic N) is 1. The first-order valence-corrected chi connectivity index (χ1v) is 4.95. The predicted molar refractivity (Wildman–Crippen MR) is 55.2 cm³/mol. The maximum Gasteiger partial charge on any atom is 0.132 e. The highest BCUT2D eigenvalue weighted by molar-refractivity contribution is 5.43. The molecule has 0 amide bonds. The summed E-state index contributed by atoms with van der Waals surface area (Å²) in [6, 6.07) is 9.74. The molecule has 1 heterocycles. The minimum atomic E-state index is -0.110. The van der Waals surface area contributed by atoms with Crippen molar-refractivity contribution in [2.45, 2.75) is 19.3 Å². The van der Waals surface area contributed by atoms with E-state index in [-0.39, 0.29) is 4.65 Å². The smallest absolute Gasteiger partial charge is 0.132 e. The molecular formula is C11H15NO. The average Bonchev–Trinajstić information content (AvgIpc) is 2.20. The van der Waals surface area contributed by atoms with E-state index in [1.54, 1.807) is 0 Å². The van der Waals surface area contributed by atoms with E-state index < -0.39 is 0 Å². The summed E-state index contributed by atoms with van der Waals surface area (Å²) >= 11 is 0. The fourth-order valence-corrected chi connectivity index (χ4v) is 1.98. The van der Waals surface area contributed by atoms with Crippen LogP contribution in [0.4, 0.5) is 5.69 Å². The standard InChI is InChI=1S/C11H15NO/c13-12(9-5-2-6-10-12)11-7-3-1-4-8-11/h1,3-4,7-8H,2,5-6,9-10H2. The van der Waals surface area contributed by atoms with E-state index in [1.165, 1.54) is 6.42 Å². The third-order valence-corrected chi connectivity index (χ3v) is 2.77. The molecule has 0 saturated carbocycles. The lowest BCUT2D eigenvalue weighted by molar-refractivity contribution is 0.307. The number of quaternary nitrogens is 1. The van der Waals surface area contributed by atoms with Gasteiger partial charge in [0.05, 0.1) is 13.1 Å². The molecule has 0 radical (unpaired) electrons. The SMILES string of the molecule is [O-][N+]1(c2ccccc2)CCCCC1. The summed E-state index contributed by atoms with van der Waals surface area (Å²) in [6.07, 6.45) is 3.35. The van der Waals surface area contributed by atoms with Crippen LogP contribution >= 0.6 is 0 Å². The van der Waals surface area contributed by atoms with Crippen LogP contribution in [0.5, 0.6) is 0 Å².